The molecule has 1 aliphatic heterocycles. The molecule has 0 atom stereocenters. The number of rotatable bonds is 2. The topological polar surface area (TPSA) is 0 Å². The first-order valence-corrected chi connectivity index (χ1v) is 15.4. The van der Waals surface area contributed by atoms with Gasteiger partial charge in [-0.05, 0) is 0 Å². The van der Waals surface area contributed by atoms with Crippen LogP contribution in [0.3, 0.4) is 0 Å². The predicted octanol–water partition coefficient (Wildman–Crippen LogP) is 8.27. The third-order valence-electron chi connectivity index (χ3n) is 8.00. The van der Waals surface area contributed by atoms with E-state index in [0.29, 0.717) is 0 Å². The Morgan fingerprint density at radius 3 is 1.45 bits per heavy atom. The average molecular weight is 434 g/mol. The molecular formula is C30H26Ti. The molecule has 0 aromatic heterocycles. The summed E-state index contributed by atoms with van der Waals surface area (Å²) in [5, 5.41) is 5.76. The molecule has 4 aromatic rings. The van der Waals surface area contributed by atoms with Crippen molar-refractivity contribution in [3.05, 3.63) is 106 Å². The van der Waals surface area contributed by atoms with Crippen LogP contribution in [0.25, 0.3) is 29.3 Å². The van der Waals surface area contributed by atoms with Crippen molar-refractivity contribution in [2.45, 2.75) is 36.1 Å². The van der Waals surface area contributed by atoms with Crippen LogP contribution in [-0.2, 0) is 29.4 Å². The molecule has 0 radical (unpaired) electrons. The second-order valence-electron chi connectivity index (χ2n) is 9.89. The van der Waals surface area contributed by atoms with Gasteiger partial charge in [0.1, 0.15) is 0 Å². The van der Waals surface area contributed by atoms with E-state index < -0.39 is 16.6 Å². The first-order chi connectivity index (χ1) is 15.2. The minimum absolute atomic E-state index is 1.15. The third kappa shape index (κ3) is 2.41. The summed E-state index contributed by atoms with van der Waals surface area (Å²) in [6.45, 7) is 4.87. The second-order valence-corrected chi connectivity index (χ2v) is 16.4. The van der Waals surface area contributed by atoms with E-state index in [1.165, 1.54) is 31.0 Å². The van der Waals surface area contributed by atoms with Gasteiger partial charge in [0.2, 0.25) is 0 Å². The zero-order valence-electron chi connectivity index (χ0n) is 18.3. The Bertz CT molecular complexity index is 1380. The van der Waals surface area contributed by atoms with Crippen LogP contribution in [0.15, 0.2) is 83.9 Å². The summed E-state index contributed by atoms with van der Waals surface area (Å²) in [5.41, 5.74) is 9.72. The first-order valence-electron chi connectivity index (χ1n) is 11.6. The molecule has 31 heavy (non-hydrogen) atoms. The van der Waals surface area contributed by atoms with Crippen molar-refractivity contribution in [2.24, 2.45) is 0 Å². The van der Waals surface area contributed by atoms with Gasteiger partial charge in [-0.1, -0.05) is 0 Å². The monoisotopic (exact) mass is 434 g/mol. The Morgan fingerprint density at radius 2 is 1.00 bits per heavy atom. The van der Waals surface area contributed by atoms with Gasteiger partial charge in [-0.25, -0.2) is 0 Å². The summed E-state index contributed by atoms with van der Waals surface area (Å²) in [6, 6.07) is 27.6. The molecule has 150 valence electrons. The minimum atomic E-state index is -2.35. The summed E-state index contributed by atoms with van der Waals surface area (Å²) in [7, 11) is 0. The van der Waals surface area contributed by atoms with Gasteiger partial charge in [0.05, 0.1) is 0 Å². The van der Waals surface area contributed by atoms with Crippen molar-refractivity contribution in [2.75, 3.05) is 0 Å². The maximum atomic E-state index is 2.43. The number of fused-ring (bicyclic) bond motifs is 6. The van der Waals surface area contributed by atoms with Crippen LogP contribution in [0.2, 0.25) is 9.45 Å². The molecule has 0 nitrogen and oxygen atoms in total. The van der Waals surface area contributed by atoms with Gasteiger partial charge in [-0.15, -0.1) is 0 Å². The predicted molar refractivity (Wildman–Crippen MR) is 130 cm³/mol. The van der Waals surface area contributed by atoms with Gasteiger partial charge in [0.15, 0.2) is 0 Å². The van der Waals surface area contributed by atoms with E-state index in [4.69, 9.17) is 0 Å². The quantitative estimate of drug-likeness (QED) is 0.279. The van der Waals surface area contributed by atoms with Crippen molar-refractivity contribution >= 4 is 29.3 Å². The Kier molecular flexibility index (Phi) is 3.71. The van der Waals surface area contributed by atoms with Crippen molar-refractivity contribution in [1.82, 2.24) is 0 Å². The zero-order valence-corrected chi connectivity index (χ0v) is 19.8. The fourth-order valence-corrected chi connectivity index (χ4v) is 15.9. The van der Waals surface area contributed by atoms with Crippen molar-refractivity contribution in [3.63, 3.8) is 0 Å². The normalized spacial score (nSPS) is 18.8. The van der Waals surface area contributed by atoms with Crippen molar-refractivity contribution in [1.29, 1.82) is 0 Å². The number of allylic oxidation sites excluding steroid dienone is 2. The van der Waals surface area contributed by atoms with E-state index in [1.807, 2.05) is 7.76 Å². The van der Waals surface area contributed by atoms with Gasteiger partial charge in [0, 0.05) is 0 Å². The van der Waals surface area contributed by atoms with Gasteiger partial charge in [-0.3, -0.25) is 0 Å². The van der Waals surface area contributed by atoms with E-state index in [1.54, 1.807) is 33.4 Å². The number of hydrogen-bond donors (Lipinski definition) is 0. The van der Waals surface area contributed by atoms with E-state index in [0.717, 1.165) is 12.8 Å². The summed E-state index contributed by atoms with van der Waals surface area (Å²) < 4.78 is 6.60. The average Bonchev–Trinajstić information content (AvgIpc) is 3.37. The molecule has 4 aromatic carbocycles. The molecule has 3 aliphatic rings. The molecule has 0 saturated carbocycles. The van der Waals surface area contributed by atoms with Crippen LogP contribution in [0.5, 0.6) is 0 Å². The molecule has 0 N–H and O–H groups in total. The Labute approximate surface area is 187 Å². The van der Waals surface area contributed by atoms with Gasteiger partial charge in [-0.2, -0.15) is 0 Å². The van der Waals surface area contributed by atoms with Gasteiger partial charge < -0.3 is 0 Å². The fraction of sp³-hybridized carbons (Fsp3) is 0.200. The zero-order chi connectivity index (χ0) is 20.7. The molecule has 2 aliphatic carbocycles. The van der Waals surface area contributed by atoms with Crippen LogP contribution in [0.4, 0.5) is 0 Å². The Balaban J connectivity index is 1.50. The first kappa shape index (κ1) is 18.2. The molecule has 0 bridgehead atoms. The maximum absolute atomic E-state index is 2.43. The second kappa shape index (κ2) is 6.31. The standard InChI is InChI=1S/2C14H11.C2H4.Ti/c2*1-10-8-12-7-6-11-4-2-3-5-13(11)14(12)9-10;1-2;/h2*2-7H,8H2,1H3;1-2H2;. The molecule has 0 unspecified atom stereocenters. The molecule has 1 saturated heterocycles. The molecule has 1 fully saturated rings. The van der Waals surface area contributed by atoms with E-state index in [9.17, 15) is 0 Å². The Morgan fingerprint density at radius 1 is 0.548 bits per heavy atom. The third-order valence-corrected chi connectivity index (χ3v) is 15.4. The molecule has 0 spiro atoms. The van der Waals surface area contributed by atoms with Crippen LogP contribution < -0.4 is 0 Å². The fourth-order valence-electron chi connectivity index (χ4n) is 6.74. The number of benzene rings is 4. The van der Waals surface area contributed by atoms with Crippen LogP contribution in [-0.4, -0.2) is 0 Å². The van der Waals surface area contributed by atoms with Crippen LogP contribution in [0.1, 0.15) is 36.1 Å². The molecule has 1 heteroatoms. The summed E-state index contributed by atoms with van der Waals surface area (Å²) in [5.74, 6) is 0. The summed E-state index contributed by atoms with van der Waals surface area (Å²) >= 11 is -2.35. The Hall–Kier alpha value is -2.41. The van der Waals surface area contributed by atoms with E-state index in [-0.39, 0.29) is 0 Å². The van der Waals surface area contributed by atoms with E-state index in [2.05, 4.69) is 86.6 Å². The van der Waals surface area contributed by atoms with Crippen molar-refractivity contribution < 1.29 is 16.6 Å². The molecular weight excluding hydrogens is 408 g/mol. The van der Waals surface area contributed by atoms with Crippen LogP contribution in [0, 0.1) is 0 Å². The van der Waals surface area contributed by atoms with E-state index >= 15 is 0 Å². The van der Waals surface area contributed by atoms with Crippen LogP contribution >= 0.6 is 0 Å². The molecule has 0 amide bonds. The molecule has 1 heterocycles. The summed E-state index contributed by atoms with van der Waals surface area (Å²) in [6.07, 6.45) is 2.30. The van der Waals surface area contributed by atoms with Gasteiger partial charge in [0.25, 0.3) is 0 Å². The summed E-state index contributed by atoms with van der Waals surface area (Å²) in [4.78, 5) is 0. The molecule has 7 rings (SSSR count). The van der Waals surface area contributed by atoms with Gasteiger partial charge >= 0.3 is 188 Å². The van der Waals surface area contributed by atoms with Crippen molar-refractivity contribution in [3.8, 4) is 0 Å². The SMILES string of the molecule is CC1=[C]([Ti]2([C]3=C(C)Cc4ccc5ccccc5c43)[CH2][CH2]2)c2c(ccc3ccccc23)C1. The number of hydrogen-bond acceptors (Lipinski definition) is 0.